The molecule has 0 radical (unpaired) electrons. The molecule has 3 heteroatoms. The maximum atomic E-state index is 13.4. The van der Waals surface area contributed by atoms with Gasteiger partial charge >= 0.3 is 0 Å². The molecule has 16 heavy (non-hydrogen) atoms. The van der Waals surface area contributed by atoms with E-state index in [1.807, 2.05) is 0 Å². The normalized spacial score (nSPS) is 12.4. The van der Waals surface area contributed by atoms with Gasteiger partial charge in [0.25, 0.3) is 0 Å². The van der Waals surface area contributed by atoms with Crippen LogP contribution in [-0.2, 0) is 0 Å². The van der Waals surface area contributed by atoms with Gasteiger partial charge < -0.3 is 5.11 Å². The van der Waals surface area contributed by atoms with E-state index in [-0.39, 0.29) is 5.56 Å². The smallest absolute Gasteiger partial charge is 0.132 e. The summed E-state index contributed by atoms with van der Waals surface area (Å²) in [7, 11) is 0. The number of aliphatic hydroxyl groups is 1. The molecule has 82 valence electrons. The van der Waals surface area contributed by atoms with Gasteiger partial charge in [0.2, 0.25) is 0 Å². The molecule has 1 nitrogen and oxygen atoms in total. The van der Waals surface area contributed by atoms with Crippen LogP contribution in [0.1, 0.15) is 17.2 Å². The lowest BCUT2D eigenvalue weighted by molar-refractivity contribution is 0.209. The van der Waals surface area contributed by atoms with Crippen LogP contribution in [0.25, 0.3) is 0 Å². The second-order valence-electron chi connectivity index (χ2n) is 3.45. The van der Waals surface area contributed by atoms with E-state index in [9.17, 15) is 13.9 Å². The van der Waals surface area contributed by atoms with Crippen LogP contribution in [0, 0.1) is 11.6 Å². The Morgan fingerprint density at radius 2 is 1.38 bits per heavy atom. The summed E-state index contributed by atoms with van der Waals surface area (Å²) in [4.78, 5) is 0. The van der Waals surface area contributed by atoms with E-state index in [2.05, 4.69) is 0 Å². The van der Waals surface area contributed by atoms with E-state index < -0.39 is 17.7 Å². The number of benzene rings is 2. The van der Waals surface area contributed by atoms with Crippen molar-refractivity contribution < 1.29 is 13.9 Å². The van der Waals surface area contributed by atoms with E-state index in [1.165, 1.54) is 6.07 Å². The van der Waals surface area contributed by atoms with Crippen LogP contribution in [0.4, 0.5) is 8.78 Å². The topological polar surface area (TPSA) is 20.2 Å². The van der Waals surface area contributed by atoms with Gasteiger partial charge in [0.05, 0.1) is 5.56 Å². The fourth-order valence-electron chi connectivity index (χ4n) is 1.57. The largest absolute Gasteiger partial charge is 0.383 e. The zero-order chi connectivity index (χ0) is 11.5. The van der Waals surface area contributed by atoms with Crippen molar-refractivity contribution in [2.24, 2.45) is 0 Å². The van der Waals surface area contributed by atoms with E-state index in [0.717, 1.165) is 12.1 Å². The molecule has 0 unspecified atom stereocenters. The van der Waals surface area contributed by atoms with Crippen molar-refractivity contribution in [3.8, 4) is 0 Å². The third kappa shape index (κ3) is 1.95. The molecule has 0 saturated heterocycles. The van der Waals surface area contributed by atoms with Gasteiger partial charge in [-0.1, -0.05) is 36.4 Å². The molecular formula is C13H10F2O. The van der Waals surface area contributed by atoms with Crippen molar-refractivity contribution in [3.63, 3.8) is 0 Å². The summed E-state index contributed by atoms with van der Waals surface area (Å²) in [5.41, 5.74) is 0.153. The van der Waals surface area contributed by atoms with E-state index in [4.69, 9.17) is 0 Å². The number of rotatable bonds is 2. The Hall–Kier alpha value is -1.74. The fourth-order valence-corrected chi connectivity index (χ4v) is 1.57. The fraction of sp³-hybridized carbons (Fsp3) is 0.0769. The van der Waals surface area contributed by atoms with Crippen LogP contribution in [0.2, 0.25) is 0 Å². The van der Waals surface area contributed by atoms with Gasteiger partial charge in [-0.05, 0) is 17.7 Å². The molecular weight excluding hydrogens is 210 g/mol. The summed E-state index contributed by atoms with van der Waals surface area (Å²) in [6, 6.07) is 12.0. The molecule has 1 atom stereocenters. The summed E-state index contributed by atoms with van der Waals surface area (Å²) in [5.74, 6) is -1.48. The van der Waals surface area contributed by atoms with Crippen molar-refractivity contribution in [3.05, 3.63) is 71.3 Å². The monoisotopic (exact) mass is 220 g/mol. The minimum absolute atomic E-state index is 0.311. The first-order valence-electron chi connectivity index (χ1n) is 4.87. The second kappa shape index (κ2) is 4.41. The Morgan fingerprint density at radius 1 is 0.812 bits per heavy atom. The lowest BCUT2D eigenvalue weighted by Crippen LogP contribution is -2.05. The van der Waals surface area contributed by atoms with Crippen molar-refractivity contribution in [1.82, 2.24) is 0 Å². The maximum absolute atomic E-state index is 13.4. The van der Waals surface area contributed by atoms with Gasteiger partial charge in [0.15, 0.2) is 0 Å². The first kappa shape index (κ1) is 10.8. The maximum Gasteiger partial charge on any atom is 0.132 e. The first-order chi connectivity index (χ1) is 7.70. The molecule has 0 aromatic heterocycles. The van der Waals surface area contributed by atoms with Crippen LogP contribution in [0.3, 0.4) is 0 Å². The Kier molecular flexibility index (Phi) is 2.97. The molecule has 0 heterocycles. The lowest BCUT2D eigenvalue weighted by atomic mass is 10.0. The minimum atomic E-state index is -1.28. The number of halogens is 2. The summed E-state index contributed by atoms with van der Waals surface area (Å²) in [6.45, 7) is 0. The second-order valence-corrected chi connectivity index (χ2v) is 3.45. The van der Waals surface area contributed by atoms with Gasteiger partial charge in [0, 0.05) is 0 Å². The van der Waals surface area contributed by atoms with Gasteiger partial charge in [-0.3, -0.25) is 0 Å². The minimum Gasteiger partial charge on any atom is -0.383 e. The van der Waals surface area contributed by atoms with Crippen LogP contribution in [-0.4, -0.2) is 5.11 Å². The summed E-state index contributed by atoms with van der Waals surface area (Å²) < 4.78 is 26.8. The van der Waals surface area contributed by atoms with Crippen molar-refractivity contribution >= 4 is 0 Å². The Morgan fingerprint density at radius 3 is 1.94 bits per heavy atom. The number of hydrogen-bond acceptors (Lipinski definition) is 1. The molecule has 0 aliphatic carbocycles. The average Bonchev–Trinajstić information content (AvgIpc) is 2.30. The lowest BCUT2D eigenvalue weighted by Gasteiger charge is -2.12. The van der Waals surface area contributed by atoms with E-state index in [1.54, 1.807) is 30.3 Å². The molecule has 0 bridgehead atoms. The molecule has 2 aromatic rings. The Bertz CT molecular complexity index is 462. The highest BCUT2D eigenvalue weighted by atomic mass is 19.1. The third-order valence-electron chi connectivity index (χ3n) is 2.39. The van der Waals surface area contributed by atoms with Gasteiger partial charge in [-0.15, -0.1) is 0 Å². The third-order valence-corrected chi connectivity index (χ3v) is 2.39. The summed E-state index contributed by atoms with van der Waals surface area (Å²) in [5, 5.41) is 9.87. The van der Waals surface area contributed by atoms with Crippen LogP contribution < -0.4 is 0 Å². The molecule has 0 aliphatic heterocycles. The van der Waals surface area contributed by atoms with Gasteiger partial charge in [0.1, 0.15) is 17.7 Å². The molecule has 1 N–H and O–H groups in total. The number of aliphatic hydroxyl groups excluding tert-OH is 1. The van der Waals surface area contributed by atoms with Gasteiger partial charge in [-0.2, -0.15) is 0 Å². The van der Waals surface area contributed by atoms with Crippen LogP contribution in [0.15, 0.2) is 48.5 Å². The molecule has 0 spiro atoms. The van der Waals surface area contributed by atoms with E-state index >= 15 is 0 Å². The van der Waals surface area contributed by atoms with Crippen molar-refractivity contribution in [2.45, 2.75) is 6.10 Å². The Labute approximate surface area is 92.0 Å². The first-order valence-corrected chi connectivity index (χ1v) is 4.87. The molecule has 0 aliphatic rings. The molecule has 0 fully saturated rings. The zero-order valence-corrected chi connectivity index (χ0v) is 8.40. The molecule has 0 amide bonds. The Balaban J connectivity index is 2.46. The highest BCUT2D eigenvalue weighted by molar-refractivity contribution is 5.31. The average molecular weight is 220 g/mol. The van der Waals surface area contributed by atoms with Crippen LogP contribution >= 0.6 is 0 Å². The molecule has 2 aromatic carbocycles. The summed E-state index contributed by atoms with van der Waals surface area (Å²) >= 11 is 0. The quantitative estimate of drug-likeness (QED) is 0.824. The predicted molar refractivity (Wildman–Crippen MR) is 56.9 cm³/mol. The molecule has 0 saturated carbocycles. The summed E-state index contributed by atoms with van der Waals surface area (Å²) in [6.07, 6.45) is -1.28. The van der Waals surface area contributed by atoms with E-state index in [0.29, 0.717) is 5.56 Å². The van der Waals surface area contributed by atoms with Crippen molar-refractivity contribution in [2.75, 3.05) is 0 Å². The highest BCUT2D eigenvalue weighted by Gasteiger charge is 2.18. The highest BCUT2D eigenvalue weighted by Crippen LogP contribution is 2.26. The zero-order valence-electron chi connectivity index (χ0n) is 8.40. The van der Waals surface area contributed by atoms with Crippen LogP contribution in [0.5, 0.6) is 0 Å². The molecule has 2 rings (SSSR count). The predicted octanol–water partition coefficient (Wildman–Crippen LogP) is 3.05. The van der Waals surface area contributed by atoms with Gasteiger partial charge in [-0.25, -0.2) is 8.78 Å². The SMILES string of the molecule is O[C@H](c1ccccc1)c1c(F)cccc1F. The van der Waals surface area contributed by atoms with Crippen molar-refractivity contribution in [1.29, 1.82) is 0 Å². The standard InChI is InChI=1S/C13H10F2O/c14-10-7-4-8-11(15)12(10)13(16)9-5-2-1-3-6-9/h1-8,13,16H/t13-/m1/s1. The number of hydrogen-bond donors (Lipinski definition) is 1.